The zero-order chi connectivity index (χ0) is 21.8. The number of rotatable bonds is 11. The Bertz CT molecular complexity index is 864. The van der Waals surface area contributed by atoms with Gasteiger partial charge in [-0.25, -0.2) is 0 Å². The van der Waals surface area contributed by atoms with Gasteiger partial charge in [0.25, 0.3) is 0 Å². The normalized spacial score (nSPS) is 10.5. The number of thiocarbonyl (C=S) groups is 1. The zero-order valence-electron chi connectivity index (χ0n) is 17.7. The lowest BCUT2D eigenvalue weighted by Crippen LogP contribution is -2.31. The van der Waals surface area contributed by atoms with Crippen LogP contribution in [0.1, 0.15) is 23.1 Å². The van der Waals surface area contributed by atoms with Crippen LogP contribution < -0.4 is 25.0 Å². The summed E-state index contributed by atoms with van der Waals surface area (Å²) in [4.78, 5) is 0. The van der Waals surface area contributed by atoms with Gasteiger partial charge in [-0.1, -0.05) is 24.3 Å². The molecule has 7 heteroatoms. The van der Waals surface area contributed by atoms with Crippen molar-refractivity contribution in [2.75, 3.05) is 26.9 Å². The molecule has 0 atom stereocenters. The molecule has 160 valence electrons. The van der Waals surface area contributed by atoms with Crippen molar-refractivity contribution in [1.29, 1.82) is 0 Å². The smallest absolute Gasteiger partial charge is 0.187 e. The van der Waals surface area contributed by atoms with Crippen molar-refractivity contribution in [3.8, 4) is 17.2 Å². The van der Waals surface area contributed by atoms with E-state index in [1.165, 1.54) is 0 Å². The number of hydrogen-bond acceptors (Lipinski definition) is 5. The maximum Gasteiger partial charge on any atom is 0.187 e. The Balaban J connectivity index is 1.82. The molecule has 0 saturated heterocycles. The van der Waals surface area contributed by atoms with Crippen LogP contribution in [0.5, 0.6) is 17.2 Å². The third kappa shape index (κ3) is 7.40. The first-order chi connectivity index (χ1) is 14.5. The molecule has 6 nitrogen and oxygen atoms in total. The minimum Gasteiger partial charge on any atom is -0.493 e. The van der Waals surface area contributed by atoms with Gasteiger partial charge < -0.3 is 19.5 Å². The van der Waals surface area contributed by atoms with E-state index in [2.05, 4.69) is 48.4 Å². The third-order valence-corrected chi connectivity index (χ3v) is 4.41. The number of ether oxygens (including phenoxy) is 3. The molecule has 0 aliphatic carbocycles. The van der Waals surface area contributed by atoms with Crippen molar-refractivity contribution in [2.45, 2.75) is 20.3 Å². The Labute approximate surface area is 183 Å². The van der Waals surface area contributed by atoms with E-state index in [4.69, 9.17) is 26.4 Å². The van der Waals surface area contributed by atoms with E-state index in [9.17, 15) is 0 Å². The fourth-order valence-corrected chi connectivity index (χ4v) is 2.83. The first-order valence-corrected chi connectivity index (χ1v) is 10.1. The fourth-order valence-electron chi connectivity index (χ4n) is 2.70. The van der Waals surface area contributed by atoms with Crippen LogP contribution in [0.25, 0.3) is 0 Å². The summed E-state index contributed by atoms with van der Waals surface area (Å²) in [6.45, 7) is 9.42. The highest BCUT2D eigenvalue weighted by Gasteiger charge is 2.06. The number of hydrogen-bond donors (Lipinski definition) is 2. The van der Waals surface area contributed by atoms with Crippen molar-refractivity contribution < 1.29 is 14.2 Å². The monoisotopic (exact) mass is 427 g/mol. The largest absolute Gasteiger partial charge is 0.493 e. The number of methoxy groups -OCH3 is 1. The van der Waals surface area contributed by atoms with Crippen molar-refractivity contribution in [3.05, 3.63) is 65.7 Å². The van der Waals surface area contributed by atoms with Gasteiger partial charge in [-0.3, -0.25) is 5.43 Å². The summed E-state index contributed by atoms with van der Waals surface area (Å²) in [6, 6.07) is 11.8. The van der Waals surface area contributed by atoms with Crippen molar-refractivity contribution in [2.24, 2.45) is 5.10 Å². The molecular weight excluding hydrogens is 398 g/mol. The molecule has 2 rings (SSSR count). The van der Waals surface area contributed by atoms with E-state index in [-0.39, 0.29) is 0 Å². The summed E-state index contributed by atoms with van der Waals surface area (Å²) in [5, 5.41) is 7.47. The number of para-hydroxylation sites is 1. The lowest BCUT2D eigenvalue weighted by atomic mass is 10.1. The molecule has 0 saturated carbocycles. The van der Waals surface area contributed by atoms with Crippen LogP contribution in [0.15, 0.2) is 54.2 Å². The first kappa shape index (κ1) is 23.2. The molecule has 2 aromatic carbocycles. The molecule has 0 unspecified atom stereocenters. The van der Waals surface area contributed by atoms with Gasteiger partial charge in [0.1, 0.15) is 5.75 Å². The Morgan fingerprint density at radius 2 is 1.83 bits per heavy atom. The molecule has 2 aromatic rings. The van der Waals surface area contributed by atoms with Crippen LogP contribution in [0.3, 0.4) is 0 Å². The van der Waals surface area contributed by atoms with E-state index >= 15 is 0 Å². The first-order valence-electron chi connectivity index (χ1n) is 9.72. The molecule has 0 radical (unpaired) electrons. The van der Waals surface area contributed by atoms with Gasteiger partial charge in [0.15, 0.2) is 16.6 Å². The Morgan fingerprint density at radius 3 is 2.53 bits per heavy atom. The van der Waals surface area contributed by atoms with Crippen LogP contribution in [-0.2, 0) is 0 Å². The van der Waals surface area contributed by atoms with Crippen LogP contribution in [0.2, 0.25) is 0 Å². The molecule has 0 aromatic heterocycles. The average molecular weight is 428 g/mol. The second-order valence-electron chi connectivity index (χ2n) is 6.55. The summed E-state index contributed by atoms with van der Waals surface area (Å²) in [6.07, 6.45) is 4.14. The van der Waals surface area contributed by atoms with E-state index < -0.39 is 0 Å². The summed E-state index contributed by atoms with van der Waals surface area (Å²) < 4.78 is 17.2. The molecule has 30 heavy (non-hydrogen) atoms. The number of aryl methyl sites for hydroxylation is 2. The molecule has 0 fully saturated rings. The topological polar surface area (TPSA) is 64.1 Å². The van der Waals surface area contributed by atoms with Crippen molar-refractivity contribution in [3.63, 3.8) is 0 Å². The summed E-state index contributed by atoms with van der Waals surface area (Å²) in [5.41, 5.74) is 5.88. The maximum absolute atomic E-state index is 5.91. The van der Waals surface area contributed by atoms with Crippen molar-refractivity contribution in [1.82, 2.24) is 10.7 Å². The van der Waals surface area contributed by atoms with Crippen molar-refractivity contribution >= 4 is 23.5 Å². The lowest BCUT2D eigenvalue weighted by Gasteiger charge is -2.13. The number of nitrogens with zero attached hydrogens (tertiary/aromatic N) is 1. The van der Waals surface area contributed by atoms with E-state index in [0.717, 1.165) is 28.9 Å². The lowest BCUT2D eigenvalue weighted by molar-refractivity contribution is 0.239. The summed E-state index contributed by atoms with van der Waals surface area (Å²) >= 11 is 5.08. The Hall–Kier alpha value is -3.06. The predicted octanol–water partition coefficient (Wildman–Crippen LogP) is 4.14. The van der Waals surface area contributed by atoms with Crippen LogP contribution in [-0.4, -0.2) is 38.2 Å². The van der Waals surface area contributed by atoms with E-state index in [1.807, 2.05) is 24.3 Å². The van der Waals surface area contributed by atoms with Crippen LogP contribution in [0.4, 0.5) is 0 Å². The predicted molar refractivity (Wildman–Crippen MR) is 126 cm³/mol. The molecular formula is C23H29N3O3S. The number of hydrazone groups is 1. The highest BCUT2D eigenvalue weighted by atomic mass is 32.1. The SMILES string of the molecule is C=CCNC(=S)N/N=C\c1ccc(OCCCOc2c(C)cccc2C)c(OC)c1. The van der Waals surface area contributed by atoms with Gasteiger partial charge >= 0.3 is 0 Å². The highest BCUT2D eigenvalue weighted by molar-refractivity contribution is 7.80. The minimum atomic E-state index is 0.432. The molecule has 0 amide bonds. The fraction of sp³-hybridized carbons (Fsp3) is 0.304. The van der Waals surface area contributed by atoms with Gasteiger partial charge in [-0.05, 0) is 61.0 Å². The zero-order valence-corrected chi connectivity index (χ0v) is 18.6. The average Bonchev–Trinajstić information content (AvgIpc) is 2.74. The van der Waals surface area contributed by atoms with E-state index in [1.54, 1.807) is 19.4 Å². The van der Waals surface area contributed by atoms with Gasteiger partial charge in [0.2, 0.25) is 0 Å². The van der Waals surface area contributed by atoms with Gasteiger partial charge in [0.05, 0.1) is 26.5 Å². The molecule has 0 aliphatic rings. The summed E-state index contributed by atoms with van der Waals surface area (Å²) in [5.74, 6) is 2.27. The maximum atomic E-state index is 5.91. The minimum absolute atomic E-state index is 0.432. The molecule has 0 aliphatic heterocycles. The second kappa shape index (κ2) is 12.5. The van der Waals surface area contributed by atoms with E-state index in [0.29, 0.717) is 36.4 Å². The number of nitrogens with one attached hydrogen (secondary N) is 2. The van der Waals surface area contributed by atoms with Crippen LogP contribution in [0, 0.1) is 13.8 Å². The third-order valence-electron chi connectivity index (χ3n) is 4.18. The van der Waals surface area contributed by atoms with Crippen LogP contribution >= 0.6 is 12.2 Å². The summed E-state index contributed by atoms with van der Waals surface area (Å²) in [7, 11) is 1.61. The molecule has 0 heterocycles. The molecule has 0 bridgehead atoms. The number of benzene rings is 2. The molecule has 0 spiro atoms. The van der Waals surface area contributed by atoms with Gasteiger partial charge in [-0.2, -0.15) is 5.10 Å². The quantitative estimate of drug-likeness (QED) is 0.185. The Kier molecular flexibility index (Phi) is 9.67. The van der Waals surface area contributed by atoms with Gasteiger partial charge in [0, 0.05) is 13.0 Å². The standard InChI is InChI=1S/C23H29N3O3S/c1-5-12-24-23(30)26-25-16-19-10-11-20(21(15-19)27-4)28-13-7-14-29-22-17(2)8-6-9-18(22)3/h5-6,8-11,15-16H,1,7,12-14H2,2-4H3,(H2,24,26,30)/b25-16-. The Morgan fingerprint density at radius 1 is 1.10 bits per heavy atom. The highest BCUT2D eigenvalue weighted by Crippen LogP contribution is 2.28. The van der Waals surface area contributed by atoms with Gasteiger partial charge in [-0.15, -0.1) is 6.58 Å². The molecule has 2 N–H and O–H groups in total. The second-order valence-corrected chi connectivity index (χ2v) is 6.96.